The van der Waals surface area contributed by atoms with Crippen molar-refractivity contribution < 1.29 is 19.1 Å². The molecule has 0 aromatic carbocycles. The molecule has 0 spiro atoms. The molecule has 2 rings (SSSR count). The second kappa shape index (κ2) is 5.98. The van der Waals surface area contributed by atoms with Crippen LogP contribution in [0.25, 0.3) is 0 Å². The Hall–Kier alpha value is -1.67. The number of aromatic nitrogens is 1. The number of rotatable bonds is 6. The van der Waals surface area contributed by atoms with Gasteiger partial charge in [-0.2, -0.15) is 4.37 Å². The fraction of sp³-hybridized carbons (Fsp3) is 0.545. The summed E-state index contributed by atoms with van der Waals surface area (Å²) >= 11 is 0.852. The molecule has 0 aliphatic heterocycles. The molecule has 0 unspecified atom stereocenters. The summed E-state index contributed by atoms with van der Waals surface area (Å²) in [5.41, 5.74) is 5.89. The normalized spacial score (nSPS) is 14.2. The second-order valence-electron chi connectivity index (χ2n) is 4.06. The topological polar surface area (TPSA) is 104 Å². The van der Waals surface area contributed by atoms with Crippen molar-refractivity contribution in [2.75, 3.05) is 19.1 Å². The molecule has 0 radical (unpaired) electrons. The van der Waals surface area contributed by atoms with Gasteiger partial charge in [-0.3, -0.25) is 4.79 Å². The Bertz CT molecular complexity index is 484. The van der Waals surface area contributed by atoms with E-state index in [-0.39, 0.29) is 35.0 Å². The first-order valence-electron chi connectivity index (χ1n) is 5.94. The SMILES string of the molecule is CCOCOC(=O)c1snc(C(=O)NC2CC2)c1N. The van der Waals surface area contributed by atoms with Gasteiger partial charge in [-0.15, -0.1) is 0 Å². The molecule has 7 nitrogen and oxygen atoms in total. The molecule has 0 saturated heterocycles. The van der Waals surface area contributed by atoms with Gasteiger partial charge in [-0.05, 0) is 31.3 Å². The van der Waals surface area contributed by atoms with Gasteiger partial charge in [0.25, 0.3) is 5.91 Å². The average Bonchev–Trinajstić information content (AvgIpc) is 3.10. The van der Waals surface area contributed by atoms with E-state index in [0.29, 0.717) is 6.61 Å². The van der Waals surface area contributed by atoms with Gasteiger partial charge in [-0.1, -0.05) is 0 Å². The number of esters is 1. The van der Waals surface area contributed by atoms with Gasteiger partial charge >= 0.3 is 5.97 Å². The summed E-state index contributed by atoms with van der Waals surface area (Å²) in [6, 6.07) is 0.210. The van der Waals surface area contributed by atoms with E-state index in [0.717, 1.165) is 24.4 Å². The predicted molar refractivity (Wildman–Crippen MR) is 68.9 cm³/mol. The molecular formula is C11H15N3O4S. The number of nitrogens with zero attached hydrogens (tertiary/aromatic N) is 1. The number of nitrogens with two attached hydrogens (primary N) is 1. The monoisotopic (exact) mass is 285 g/mol. The minimum absolute atomic E-state index is 0.0599. The third kappa shape index (κ3) is 3.42. The van der Waals surface area contributed by atoms with Crippen LogP contribution in [0.2, 0.25) is 0 Å². The van der Waals surface area contributed by atoms with Gasteiger partial charge in [0.05, 0.1) is 5.69 Å². The van der Waals surface area contributed by atoms with Crippen molar-refractivity contribution in [1.82, 2.24) is 9.69 Å². The van der Waals surface area contributed by atoms with Crippen molar-refractivity contribution >= 4 is 29.1 Å². The highest BCUT2D eigenvalue weighted by Gasteiger charge is 2.28. The Morgan fingerprint density at radius 1 is 1.53 bits per heavy atom. The highest BCUT2D eigenvalue weighted by molar-refractivity contribution is 7.08. The van der Waals surface area contributed by atoms with Crippen molar-refractivity contribution in [2.24, 2.45) is 0 Å². The number of carbonyl (C=O) groups excluding carboxylic acids is 2. The molecule has 1 fully saturated rings. The number of nitrogens with one attached hydrogen (secondary N) is 1. The lowest BCUT2D eigenvalue weighted by Crippen LogP contribution is -2.26. The number of nitrogen functional groups attached to an aromatic ring is 1. The average molecular weight is 285 g/mol. The van der Waals surface area contributed by atoms with Gasteiger partial charge < -0.3 is 20.5 Å². The van der Waals surface area contributed by atoms with E-state index in [1.54, 1.807) is 6.92 Å². The smallest absolute Gasteiger partial charge is 0.354 e. The molecule has 104 valence electrons. The lowest BCUT2D eigenvalue weighted by atomic mass is 10.3. The van der Waals surface area contributed by atoms with Crippen LogP contribution in [0.1, 0.15) is 39.9 Å². The highest BCUT2D eigenvalue weighted by Crippen LogP contribution is 2.24. The zero-order valence-electron chi connectivity index (χ0n) is 10.5. The van der Waals surface area contributed by atoms with Gasteiger partial charge in [-0.25, -0.2) is 4.79 Å². The summed E-state index contributed by atoms with van der Waals surface area (Å²) in [6.45, 7) is 2.09. The molecule has 1 aromatic heterocycles. The molecule has 8 heteroatoms. The molecule has 0 bridgehead atoms. The van der Waals surface area contributed by atoms with Crippen molar-refractivity contribution in [3.63, 3.8) is 0 Å². The summed E-state index contributed by atoms with van der Waals surface area (Å²) in [6.07, 6.45) is 1.94. The second-order valence-corrected chi connectivity index (χ2v) is 4.84. The van der Waals surface area contributed by atoms with Crippen LogP contribution >= 0.6 is 11.5 Å². The van der Waals surface area contributed by atoms with Crippen molar-refractivity contribution in [3.05, 3.63) is 10.6 Å². The van der Waals surface area contributed by atoms with E-state index < -0.39 is 5.97 Å². The third-order valence-electron chi connectivity index (χ3n) is 2.52. The summed E-state index contributed by atoms with van der Waals surface area (Å²) in [5.74, 6) is -0.978. The molecule has 1 saturated carbocycles. The zero-order valence-corrected chi connectivity index (χ0v) is 11.3. The van der Waals surface area contributed by atoms with Crippen LogP contribution in [0, 0.1) is 0 Å². The maximum Gasteiger partial charge on any atom is 0.354 e. The summed E-state index contributed by atoms with van der Waals surface area (Å²) < 4.78 is 13.6. The van der Waals surface area contributed by atoms with E-state index in [4.69, 9.17) is 15.2 Å². The minimum Gasteiger partial charge on any atom is -0.434 e. The van der Waals surface area contributed by atoms with Crippen LogP contribution in [0.15, 0.2) is 0 Å². The number of hydrogen-bond donors (Lipinski definition) is 2. The fourth-order valence-corrected chi connectivity index (χ4v) is 2.03. The Balaban J connectivity index is 2.00. The Morgan fingerprint density at radius 2 is 2.26 bits per heavy atom. The number of hydrogen-bond acceptors (Lipinski definition) is 7. The number of carbonyl (C=O) groups is 2. The van der Waals surface area contributed by atoms with Crippen LogP contribution in [0.4, 0.5) is 5.69 Å². The van der Waals surface area contributed by atoms with Gasteiger partial charge in [0.1, 0.15) is 0 Å². The van der Waals surface area contributed by atoms with Gasteiger partial charge in [0, 0.05) is 12.6 Å². The van der Waals surface area contributed by atoms with Crippen molar-refractivity contribution in [1.29, 1.82) is 0 Å². The van der Waals surface area contributed by atoms with E-state index in [9.17, 15) is 9.59 Å². The van der Waals surface area contributed by atoms with Gasteiger partial charge in [0.15, 0.2) is 17.4 Å². The fourth-order valence-electron chi connectivity index (χ4n) is 1.33. The van der Waals surface area contributed by atoms with Crippen LogP contribution in [0.3, 0.4) is 0 Å². The molecule has 1 heterocycles. The first kappa shape index (κ1) is 13.8. The van der Waals surface area contributed by atoms with Crippen LogP contribution in [0.5, 0.6) is 0 Å². The number of amides is 1. The Morgan fingerprint density at radius 3 is 2.89 bits per heavy atom. The predicted octanol–water partition coefficient (Wildman–Crippen LogP) is 0.768. The van der Waals surface area contributed by atoms with E-state index >= 15 is 0 Å². The highest BCUT2D eigenvalue weighted by atomic mass is 32.1. The molecule has 0 atom stereocenters. The quantitative estimate of drug-likeness (QED) is 0.454. The molecule has 19 heavy (non-hydrogen) atoms. The van der Waals surface area contributed by atoms with Crippen LogP contribution in [-0.4, -0.2) is 35.7 Å². The summed E-state index contributed by atoms with van der Waals surface area (Å²) in [5, 5.41) is 2.76. The number of anilines is 1. The largest absolute Gasteiger partial charge is 0.434 e. The first-order valence-corrected chi connectivity index (χ1v) is 6.71. The Labute approximate surface area is 114 Å². The maximum absolute atomic E-state index is 11.8. The summed E-state index contributed by atoms with van der Waals surface area (Å²) in [4.78, 5) is 23.6. The molecule has 3 N–H and O–H groups in total. The van der Waals surface area contributed by atoms with Crippen molar-refractivity contribution in [3.8, 4) is 0 Å². The molecular weight excluding hydrogens is 270 g/mol. The summed E-state index contributed by atoms with van der Waals surface area (Å²) in [7, 11) is 0. The minimum atomic E-state index is -0.631. The van der Waals surface area contributed by atoms with Crippen molar-refractivity contribution in [2.45, 2.75) is 25.8 Å². The molecule has 1 amide bonds. The number of ether oxygens (including phenoxy) is 2. The van der Waals surface area contributed by atoms with Gasteiger partial charge in [0.2, 0.25) is 0 Å². The van der Waals surface area contributed by atoms with Crippen LogP contribution in [-0.2, 0) is 9.47 Å². The van der Waals surface area contributed by atoms with E-state index in [1.165, 1.54) is 0 Å². The molecule has 1 aliphatic carbocycles. The van der Waals surface area contributed by atoms with E-state index in [2.05, 4.69) is 9.69 Å². The first-order chi connectivity index (χ1) is 9.13. The molecule has 1 aromatic rings. The van der Waals surface area contributed by atoms with Crippen LogP contribution < -0.4 is 11.1 Å². The molecule has 1 aliphatic rings. The maximum atomic E-state index is 11.8. The Kier molecular flexibility index (Phi) is 4.33. The standard InChI is InChI=1S/C11H15N3O4S/c1-2-17-5-18-11(16)9-7(12)8(14-19-9)10(15)13-6-3-4-6/h6H,2-5,12H2,1H3,(H,13,15). The third-order valence-corrected chi connectivity index (χ3v) is 3.36. The lowest BCUT2D eigenvalue weighted by molar-refractivity contribution is -0.0270. The zero-order chi connectivity index (χ0) is 13.8. The van der Waals surface area contributed by atoms with E-state index in [1.807, 2.05) is 0 Å². The lowest BCUT2D eigenvalue weighted by Gasteiger charge is -2.03.